The molecule has 6 heteroatoms. The van der Waals surface area contributed by atoms with Crippen molar-refractivity contribution in [2.45, 2.75) is 26.2 Å². The molecule has 1 aliphatic rings. The van der Waals surface area contributed by atoms with Crippen LogP contribution in [0.25, 0.3) is 0 Å². The van der Waals surface area contributed by atoms with E-state index in [0.717, 1.165) is 23.6 Å². The second-order valence-electron chi connectivity index (χ2n) is 6.48. The molecule has 1 amide bonds. The minimum atomic E-state index is -0.110. The average Bonchev–Trinajstić information content (AvgIpc) is 2.62. The van der Waals surface area contributed by atoms with Gasteiger partial charge in [-0.3, -0.25) is 4.79 Å². The molecule has 0 spiro atoms. The summed E-state index contributed by atoms with van der Waals surface area (Å²) < 4.78 is 5.78. The van der Waals surface area contributed by atoms with Crippen LogP contribution in [0, 0.1) is 0 Å². The zero-order valence-electron chi connectivity index (χ0n) is 15.0. The van der Waals surface area contributed by atoms with Gasteiger partial charge in [0.25, 0.3) is 5.91 Å². The molecule has 0 unspecified atom stereocenters. The lowest BCUT2D eigenvalue weighted by Crippen LogP contribution is -2.36. The van der Waals surface area contributed by atoms with Gasteiger partial charge < -0.3 is 15.0 Å². The second-order valence-corrected chi connectivity index (χ2v) is 6.48. The lowest BCUT2D eigenvalue weighted by atomic mass is 10.0. The van der Waals surface area contributed by atoms with Gasteiger partial charge in [-0.05, 0) is 18.6 Å². The van der Waals surface area contributed by atoms with Crippen molar-refractivity contribution < 1.29 is 9.53 Å². The van der Waals surface area contributed by atoms with Crippen molar-refractivity contribution in [3.63, 3.8) is 0 Å². The molecule has 3 rings (SSSR count). The summed E-state index contributed by atoms with van der Waals surface area (Å²) in [6, 6.07) is 9.74. The fourth-order valence-electron chi connectivity index (χ4n) is 2.79. The third-order valence-electron chi connectivity index (χ3n) is 4.19. The van der Waals surface area contributed by atoms with E-state index in [0.29, 0.717) is 31.2 Å². The van der Waals surface area contributed by atoms with Gasteiger partial charge in [-0.15, -0.1) is 0 Å². The molecule has 0 fully saturated rings. The highest BCUT2D eigenvalue weighted by molar-refractivity contribution is 5.96. The number of benzene rings is 1. The van der Waals surface area contributed by atoms with E-state index in [-0.39, 0.29) is 11.8 Å². The Bertz CT molecular complexity index is 747. The first kappa shape index (κ1) is 17.2. The number of anilines is 1. The van der Waals surface area contributed by atoms with Crippen LogP contribution >= 0.6 is 0 Å². The average molecular weight is 340 g/mol. The van der Waals surface area contributed by atoms with Crippen LogP contribution in [0.15, 0.2) is 30.3 Å². The van der Waals surface area contributed by atoms with Crippen molar-refractivity contribution in [2.75, 3.05) is 31.6 Å². The predicted octanol–water partition coefficient (Wildman–Crippen LogP) is 2.40. The molecule has 25 heavy (non-hydrogen) atoms. The number of nitrogens with zero attached hydrogens (tertiary/aromatic N) is 3. The maximum Gasteiger partial charge on any atom is 0.270 e. The van der Waals surface area contributed by atoms with E-state index in [2.05, 4.69) is 10.3 Å². The summed E-state index contributed by atoms with van der Waals surface area (Å²) in [5.74, 6) is 2.43. The van der Waals surface area contributed by atoms with Crippen molar-refractivity contribution in [3.8, 4) is 5.75 Å². The number of hydrogen-bond acceptors (Lipinski definition) is 5. The van der Waals surface area contributed by atoms with Crippen molar-refractivity contribution in [1.82, 2.24) is 15.3 Å². The molecule has 6 nitrogen and oxygen atoms in total. The molecular weight excluding hydrogens is 316 g/mol. The molecule has 1 aromatic heterocycles. The van der Waals surface area contributed by atoms with Gasteiger partial charge in [-0.2, -0.15) is 0 Å². The maximum absolute atomic E-state index is 12.2. The molecule has 0 saturated carbocycles. The fourth-order valence-corrected chi connectivity index (χ4v) is 2.79. The summed E-state index contributed by atoms with van der Waals surface area (Å²) in [7, 11) is 1.98. The highest BCUT2D eigenvalue weighted by atomic mass is 16.5. The Morgan fingerprint density at radius 1 is 1.24 bits per heavy atom. The molecule has 0 radical (unpaired) electrons. The number of rotatable bonds is 6. The van der Waals surface area contributed by atoms with E-state index in [1.54, 1.807) is 0 Å². The molecule has 2 heterocycles. The summed E-state index contributed by atoms with van der Waals surface area (Å²) in [4.78, 5) is 23.4. The topological polar surface area (TPSA) is 67.3 Å². The normalized spacial score (nSPS) is 13.4. The van der Waals surface area contributed by atoms with Crippen LogP contribution in [0.4, 0.5) is 5.82 Å². The Balaban J connectivity index is 1.78. The van der Waals surface area contributed by atoms with E-state index in [1.807, 2.05) is 56.1 Å². The van der Waals surface area contributed by atoms with Gasteiger partial charge in [0.15, 0.2) is 0 Å². The Morgan fingerprint density at radius 3 is 2.72 bits per heavy atom. The van der Waals surface area contributed by atoms with Crippen molar-refractivity contribution >= 4 is 11.7 Å². The van der Waals surface area contributed by atoms with Crippen LogP contribution in [0.1, 0.15) is 41.6 Å². The quantitative estimate of drug-likeness (QED) is 0.875. The summed E-state index contributed by atoms with van der Waals surface area (Å²) in [5.41, 5.74) is 1.44. The number of carbonyl (C=O) groups excluding carboxylic acids is 1. The summed E-state index contributed by atoms with van der Waals surface area (Å²) in [6.45, 7) is 5.91. The number of ether oxygens (including phenoxy) is 1. The van der Waals surface area contributed by atoms with Gasteiger partial charge in [0.05, 0.1) is 6.54 Å². The first-order valence-corrected chi connectivity index (χ1v) is 8.64. The zero-order chi connectivity index (χ0) is 17.8. The summed E-state index contributed by atoms with van der Waals surface area (Å²) >= 11 is 0. The maximum atomic E-state index is 12.2. The Hall–Kier alpha value is -2.63. The Morgan fingerprint density at radius 2 is 2.00 bits per heavy atom. The van der Waals surface area contributed by atoms with Crippen LogP contribution < -0.4 is 15.0 Å². The van der Waals surface area contributed by atoms with Crippen LogP contribution in [0.3, 0.4) is 0 Å². The molecular formula is C19H24N4O2. The third-order valence-corrected chi connectivity index (χ3v) is 4.19. The summed E-state index contributed by atoms with van der Waals surface area (Å²) in [6.07, 6.45) is 0.749. The highest BCUT2D eigenvalue weighted by Gasteiger charge is 2.25. The Labute approximate surface area is 148 Å². The largest absolute Gasteiger partial charge is 0.492 e. The van der Waals surface area contributed by atoms with Crippen molar-refractivity contribution in [3.05, 3.63) is 47.4 Å². The molecule has 0 bridgehead atoms. The molecule has 0 atom stereocenters. The molecule has 132 valence electrons. The molecule has 0 saturated heterocycles. The number of aromatic nitrogens is 2. The molecule has 1 N–H and O–H groups in total. The zero-order valence-corrected chi connectivity index (χ0v) is 15.0. The molecule has 1 aromatic carbocycles. The highest BCUT2D eigenvalue weighted by Crippen LogP contribution is 2.25. The molecule has 1 aliphatic heterocycles. The van der Waals surface area contributed by atoms with Gasteiger partial charge in [-0.1, -0.05) is 32.0 Å². The lowest BCUT2D eigenvalue weighted by molar-refractivity contribution is 0.0940. The number of amides is 1. The number of nitrogens with one attached hydrogen (secondary N) is 1. The SMILES string of the molecule is CC(C)c1nc2c(c(N(C)CCOc3ccccc3)n1)CCNC2=O. The monoisotopic (exact) mass is 340 g/mol. The standard InChI is InChI=1S/C19H24N4O2/c1-13(2)17-21-16-15(9-10-20-19(16)24)18(22-17)23(3)11-12-25-14-7-5-4-6-8-14/h4-8,13H,9-12H2,1-3H3,(H,20,24). The smallest absolute Gasteiger partial charge is 0.270 e. The minimum Gasteiger partial charge on any atom is -0.492 e. The number of fused-ring (bicyclic) bond motifs is 1. The molecule has 2 aromatic rings. The van der Waals surface area contributed by atoms with Gasteiger partial charge in [0.2, 0.25) is 0 Å². The van der Waals surface area contributed by atoms with E-state index in [9.17, 15) is 4.79 Å². The first-order valence-electron chi connectivity index (χ1n) is 8.64. The van der Waals surface area contributed by atoms with Crippen molar-refractivity contribution in [2.24, 2.45) is 0 Å². The number of carbonyl (C=O) groups is 1. The number of hydrogen-bond donors (Lipinski definition) is 1. The lowest BCUT2D eigenvalue weighted by Gasteiger charge is -2.26. The van der Waals surface area contributed by atoms with Crippen LogP contribution in [0.2, 0.25) is 0 Å². The molecule has 0 aliphatic carbocycles. The predicted molar refractivity (Wildman–Crippen MR) is 97.4 cm³/mol. The van der Waals surface area contributed by atoms with Gasteiger partial charge in [-0.25, -0.2) is 9.97 Å². The minimum absolute atomic E-state index is 0.110. The number of para-hydroxylation sites is 1. The first-order chi connectivity index (χ1) is 12.1. The van der Waals surface area contributed by atoms with E-state index >= 15 is 0 Å². The van der Waals surface area contributed by atoms with Crippen molar-refractivity contribution in [1.29, 1.82) is 0 Å². The summed E-state index contributed by atoms with van der Waals surface area (Å²) in [5, 5.41) is 2.86. The van der Waals surface area contributed by atoms with Gasteiger partial charge in [0, 0.05) is 25.1 Å². The van der Waals surface area contributed by atoms with Crippen LogP contribution in [-0.2, 0) is 6.42 Å². The van der Waals surface area contributed by atoms with Crippen LogP contribution in [-0.4, -0.2) is 42.6 Å². The van der Waals surface area contributed by atoms with Gasteiger partial charge in [0.1, 0.15) is 29.7 Å². The number of likely N-dealkylation sites (N-methyl/N-ethyl adjacent to an activating group) is 1. The second kappa shape index (κ2) is 7.51. The fraction of sp³-hybridized carbons (Fsp3) is 0.421. The van der Waals surface area contributed by atoms with E-state index < -0.39 is 0 Å². The van der Waals surface area contributed by atoms with E-state index in [1.165, 1.54) is 0 Å². The van der Waals surface area contributed by atoms with Crippen LogP contribution in [0.5, 0.6) is 5.75 Å². The third kappa shape index (κ3) is 3.90. The van der Waals surface area contributed by atoms with E-state index in [4.69, 9.17) is 9.72 Å². The van der Waals surface area contributed by atoms with Gasteiger partial charge >= 0.3 is 0 Å². The Kier molecular flexibility index (Phi) is 5.16.